The summed E-state index contributed by atoms with van der Waals surface area (Å²) in [5.41, 5.74) is 1.04. The zero-order valence-electron chi connectivity index (χ0n) is 11.2. The molecular formula is C14H24N2O. The van der Waals surface area contributed by atoms with E-state index in [2.05, 4.69) is 31.1 Å². The average Bonchev–Trinajstić information content (AvgIpc) is 2.32. The molecule has 0 saturated heterocycles. The Morgan fingerprint density at radius 1 is 1.41 bits per heavy atom. The molecule has 0 atom stereocenters. The van der Waals surface area contributed by atoms with Crippen molar-refractivity contribution in [2.24, 2.45) is 5.92 Å². The summed E-state index contributed by atoms with van der Waals surface area (Å²) in [5, 5.41) is 3.26. The molecule has 1 N–H and O–H groups in total. The molecule has 0 spiro atoms. The van der Waals surface area contributed by atoms with Gasteiger partial charge in [0.15, 0.2) is 0 Å². The summed E-state index contributed by atoms with van der Waals surface area (Å²) < 4.78 is 5.71. The van der Waals surface area contributed by atoms with Gasteiger partial charge in [0.1, 0.15) is 5.75 Å². The van der Waals surface area contributed by atoms with Gasteiger partial charge in [0.25, 0.3) is 0 Å². The molecule has 0 aliphatic heterocycles. The summed E-state index contributed by atoms with van der Waals surface area (Å²) in [6.45, 7) is 9.12. The van der Waals surface area contributed by atoms with E-state index in [0.717, 1.165) is 43.5 Å². The third-order valence-electron chi connectivity index (χ3n) is 2.54. The van der Waals surface area contributed by atoms with Crippen LogP contribution in [0.3, 0.4) is 0 Å². The molecule has 0 saturated carbocycles. The van der Waals surface area contributed by atoms with Crippen LogP contribution >= 0.6 is 0 Å². The first-order chi connectivity index (χ1) is 8.22. The maximum absolute atomic E-state index is 5.71. The van der Waals surface area contributed by atoms with Gasteiger partial charge in [-0.1, -0.05) is 20.8 Å². The molecule has 1 heterocycles. The van der Waals surface area contributed by atoms with Crippen LogP contribution < -0.4 is 10.1 Å². The number of ether oxygens (including phenoxy) is 1. The van der Waals surface area contributed by atoms with E-state index >= 15 is 0 Å². The Hall–Kier alpha value is -1.09. The van der Waals surface area contributed by atoms with Crippen LogP contribution in [-0.2, 0) is 6.54 Å². The second-order valence-electron chi connectivity index (χ2n) is 4.65. The SMILES string of the molecule is CCNCc1cc(OCCCC(C)C)ccn1. The van der Waals surface area contributed by atoms with Crippen LogP contribution in [0, 0.1) is 5.92 Å². The van der Waals surface area contributed by atoms with Gasteiger partial charge in [-0.2, -0.15) is 0 Å². The van der Waals surface area contributed by atoms with Crippen molar-refractivity contribution < 1.29 is 4.74 Å². The number of rotatable bonds is 8. The molecule has 1 aromatic heterocycles. The molecule has 3 heteroatoms. The molecule has 1 rings (SSSR count). The standard InChI is InChI=1S/C14H24N2O/c1-4-15-11-13-10-14(7-8-16-13)17-9-5-6-12(2)3/h7-8,10,12,15H,4-6,9,11H2,1-3H3. The van der Waals surface area contributed by atoms with Crippen molar-refractivity contribution in [1.29, 1.82) is 0 Å². The number of pyridine rings is 1. The minimum atomic E-state index is 0.750. The number of hydrogen-bond acceptors (Lipinski definition) is 3. The Bertz CT molecular complexity index is 313. The normalized spacial score (nSPS) is 10.8. The first-order valence-electron chi connectivity index (χ1n) is 6.50. The van der Waals surface area contributed by atoms with Gasteiger partial charge in [-0.3, -0.25) is 4.98 Å². The average molecular weight is 236 g/mol. The fourth-order valence-electron chi connectivity index (χ4n) is 1.58. The van der Waals surface area contributed by atoms with Crippen LogP contribution in [0.5, 0.6) is 5.75 Å². The third kappa shape index (κ3) is 6.27. The van der Waals surface area contributed by atoms with Crippen LogP contribution in [-0.4, -0.2) is 18.1 Å². The van der Waals surface area contributed by atoms with Crippen molar-refractivity contribution in [2.75, 3.05) is 13.2 Å². The predicted octanol–water partition coefficient (Wildman–Crippen LogP) is 3.01. The minimum absolute atomic E-state index is 0.750. The number of aromatic nitrogens is 1. The molecule has 0 radical (unpaired) electrons. The van der Waals surface area contributed by atoms with Crippen molar-refractivity contribution in [3.63, 3.8) is 0 Å². The molecule has 3 nitrogen and oxygen atoms in total. The summed E-state index contributed by atoms with van der Waals surface area (Å²) >= 11 is 0. The zero-order chi connectivity index (χ0) is 12.5. The molecule has 17 heavy (non-hydrogen) atoms. The summed E-state index contributed by atoms with van der Waals surface area (Å²) in [6.07, 6.45) is 4.14. The van der Waals surface area contributed by atoms with Gasteiger partial charge in [0.2, 0.25) is 0 Å². The molecule has 0 fully saturated rings. The van der Waals surface area contributed by atoms with Crippen molar-refractivity contribution in [3.05, 3.63) is 24.0 Å². The van der Waals surface area contributed by atoms with Crippen molar-refractivity contribution in [1.82, 2.24) is 10.3 Å². The molecule has 0 unspecified atom stereocenters. The second-order valence-corrected chi connectivity index (χ2v) is 4.65. The van der Waals surface area contributed by atoms with E-state index < -0.39 is 0 Å². The van der Waals surface area contributed by atoms with Gasteiger partial charge in [0, 0.05) is 18.8 Å². The highest BCUT2D eigenvalue weighted by Crippen LogP contribution is 2.12. The maximum atomic E-state index is 5.71. The fraction of sp³-hybridized carbons (Fsp3) is 0.643. The topological polar surface area (TPSA) is 34.1 Å². The van der Waals surface area contributed by atoms with Crippen LogP contribution in [0.25, 0.3) is 0 Å². The summed E-state index contributed by atoms with van der Waals surface area (Å²) in [4.78, 5) is 4.29. The quantitative estimate of drug-likeness (QED) is 0.705. The Morgan fingerprint density at radius 3 is 2.94 bits per heavy atom. The number of nitrogens with one attached hydrogen (secondary N) is 1. The van der Waals surface area contributed by atoms with Gasteiger partial charge in [-0.05, 0) is 31.4 Å². The van der Waals surface area contributed by atoms with E-state index in [4.69, 9.17) is 4.74 Å². The predicted molar refractivity (Wildman–Crippen MR) is 71.2 cm³/mol. The summed E-state index contributed by atoms with van der Waals surface area (Å²) in [6, 6.07) is 3.93. The van der Waals surface area contributed by atoms with Gasteiger partial charge in [0.05, 0.1) is 12.3 Å². The minimum Gasteiger partial charge on any atom is -0.493 e. The molecule has 96 valence electrons. The van der Waals surface area contributed by atoms with E-state index in [0.29, 0.717) is 0 Å². The van der Waals surface area contributed by atoms with Crippen molar-refractivity contribution >= 4 is 0 Å². The number of nitrogens with zero attached hydrogens (tertiary/aromatic N) is 1. The smallest absolute Gasteiger partial charge is 0.122 e. The molecule has 0 aromatic carbocycles. The van der Waals surface area contributed by atoms with Gasteiger partial charge >= 0.3 is 0 Å². The lowest BCUT2D eigenvalue weighted by Crippen LogP contribution is -2.12. The first-order valence-corrected chi connectivity index (χ1v) is 6.50. The highest BCUT2D eigenvalue weighted by Gasteiger charge is 1.99. The van der Waals surface area contributed by atoms with Crippen LogP contribution in [0.1, 0.15) is 39.3 Å². The Morgan fingerprint density at radius 2 is 2.24 bits per heavy atom. The second kappa shape index (κ2) is 8.07. The first kappa shape index (κ1) is 14.0. The molecular weight excluding hydrogens is 212 g/mol. The summed E-state index contributed by atoms with van der Waals surface area (Å²) in [7, 11) is 0. The van der Waals surface area contributed by atoms with Crippen LogP contribution in [0.15, 0.2) is 18.3 Å². The molecule has 0 aliphatic rings. The molecule has 0 aliphatic carbocycles. The van der Waals surface area contributed by atoms with Gasteiger partial charge in [-0.25, -0.2) is 0 Å². The maximum Gasteiger partial charge on any atom is 0.122 e. The van der Waals surface area contributed by atoms with Crippen molar-refractivity contribution in [3.8, 4) is 5.75 Å². The highest BCUT2D eigenvalue weighted by atomic mass is 16.5. The van der Waals surface area contributed by atoms with E-state index in [9.17, 15) is 0 Å². The number of hydrogen-bond donors (Lipinski definition) is 1. The fourth-order valence-corrected chi connectivity index (χ4v) is 1.58. The monoisotopic (exact) mass is 236 g/mol. The molecule has 0 amide bonds. The van der Waals surface area contributed by atoms with Crippen molar-refractivity contribution in [2.45, 2.75) is 40.2 Å². The van der Waals surface area contributed by atoms with Gasteiger partial charge in [-0.15, -0.1) is 0 Å². The lowest BCUT2D eigenvalue weighted by atomic mass is 10.1. The Balaban J connectivity index is 2.32. The van der Waals surface area contributed by atoms with E-state index in [-0.39, 0.29) is 0 Å². The van der Waals surface area contributed by atoms with Crippen LogP contribution in [0.2, 0.25) is 0 Å². The Kier molecular flexibility index (Phi) is 6.63. The third-order valence-corrected chi connectivity index (χ3v) is 2.54. The van der Waals surface area contributed by atoms with E-state index in [1.165, 1.54) is 6.42 Å². The largest absolute Gasteiger partial charge is 0.493 e. The molecule has 0 bridgehead atoms. The Labute approximate surface area is 105 Å². The summed E-state index contributed by atoms with van der Waals surface area (Å²) in [5.74, 6) is 1.68. The zero-order valence-corrected chi connectivity index (χ0v) is 11.2. The van der Waals surface area contributed by atoms with E-state index in [1.54, 1.807) is 0 Å². The lowest BCUT2D eigenvalue weighted by Gasteiger charge is -2.08. The van der Waals surface area contributed by atoms with Crippen LogP contribution in [0.4, 0.5) is 0 Å². The van der Waals surface area contributed by atoms with E-state index in [1.807, 2.05) is 18.3 Å². The lowest BCUT2D eigenvalue weighted by molar-refractivity contribution is 0.297. The van der Waals surface area contributed by atoms with Gasteiger partial charge < -0.3 is 10.1 Å². The highest BCUT2D eigenvalue weighted by molar-refractivity contribution is 5.22. The molecule has 1 aromatic rings.